The lowest BCUT2D eigenvalue weighted by Gasteiger charge is -2.23. The molecular formula is C47H50Cl4N10O4. The zero-order chi connectivity index (χ0) is 45.2. The number of benzene rings is 3. The van der Waals surface area contributed by atoms with Crippen LogP contribution in [0.1, 0.15) is 132 Å². The Bertz CT molecular complexity index is 2550. The van der Waals surface area contributed by atoms with Gasteiger partial charge in [0, 0.05) is 47.4 Å². The number of rotatable bonds is 16. The van der Waals surface area contributed by atoms with Crippen molar-refractivity contribution in [1.29, 1.82) is 0 Å². The SMILES string of the molecule is O=C1c2c(Cl)c(Cl)c(Cl)c(Cl)c2C(=O)C1c1ccc2cccc(N3C(=O)c4ccc(Nc5nc(NCCCNC6CCCCC6)nc(NCCCNC6CCCCC6)n5)cc4[C@@H]3O)c2n1. The smallest absolute Gasteiger partial charge is 0.261 e. The molecule has 0 saturated heterocycles. The third-order valence-electron chi connectivity index (χ3n) is 12.8. The molecule has 14 nitrogen and oxygen atoms in total. The van der Waals surface area contributed by atoms with Crippen LogP contribution >= 0.6 is 46.4 Å². The van der Waals surface area contributed by atoms with Gasteiger partial charge in [-0.05, 0) is 81.9 Å². The molecule has 6 N–H and O–H groups in total. The Hall–Kier alpha value is -4.67. The van der Waals surface area contributed by atoms with Gasteiger partial charge in [-0.2, -0.15) is 15.0 Å². The molecule has 65 heavy (non-hydrogen) atoms. The number of anilines is 5. The van der Waals surface area contributed by atoms with Gasteiger partial charge in [0.25, 0.3) is 5.91 Å². The minimum atomic E-state index is -1.41. The summed E-state index contributed by atoms with van der Waals surface area (Å²) in [5.74, 6) is -1.96. The number of aromatic nitrogens is 4. The summed E-state index contributed by atoms with van der Waals surface area (Å²) in [7, 11) is 0. The van der Waals surface area contributed by atoms with Crippen LogP contribution < -0.4 is 31.5 Å². The Morgan fingerprint density at radius 3 is 1.78 bits per heavy atom. The van der Waals surface area contributed by atoms with E-state index in [9.17, 15) is 19.5 Å². The average Bonchev–Trinajstić information content (AvgIpc) is 3.73. The molecule has 4 aliphatic rings. The Labute approximate surface area is 397 Å². The number of carbonyl (C=O) groups is 3. The van der Waals surface area contributed by atoms with Gasteiger partial charge in [-0.1, -0.05) is 103 Å². The van der Waals surface area contributed by atoms with E-state index < -0.39 is 29.6 Å². The number of ketones is 2. The van der Waals surface area contributed by atoms with Crippen LogP contribution in [0.15, 0.2) is 48.5 Å². The van der Waals surface area contributed by atoms with Crippen LogP contribution in [0.3, 0.4) is 0 Å². The number of fused-ring (bicyclic) bond motifs is 3. The standard InChI is InChI=1S/C47H50Cl4N10O4/c48-36-34-35(37(49)39(51)38(36)50)42(63)33(41(34)62)31-19-16-25-10-7-15-32(40(25)57-31)61-43(64)29-18-17-28(24-30(29)44(61)65)56-47-59-45(54-22-8-20-52-26-11-3-1-4-12-26)58-46(60-47)55-23-9-21-53-27-13-5-2-6-14-27/h7,10,15-19,24,26-27,33,44,52-53,65H,1-6,8-9,11-14,20-23H2,(H3,54,55,56,58,59,60)/t44-/m0/s1. The first kappa shape index (κ1) is 45.5. The lowest BCUT2D eigenvalue weighted by molar-refractivity contribution is 0.0884. The van der Waals surface area contributed by atoms with Gasteiger partial charge in [-0.3, -0.25) is 19.3 Å². The van der Waals surface area contributed by atoms with Crippen molar-refractivity contribution in [2.75, 3.05) is 47.0 Å². The number of amides is 1. The normalized spacial score (nSPS) is 18.1. The van der Waals surface area contributed by atoms with Crippen LogP contribution in [0.25, 0.3) is 10.9 Å². The maximum atomic E-state index is 14.1. The summed E-state index contributed by atoms with van der Waals surface area (Å²) in [5.41, 5.74) is 1.61. The molecule has 3 aliphatic carbocycles. The number of hydrogen-bond donors (Lipinski definition) is 6. The third kappa shape index (κ3) is 9.49. The van der Waals surface area contributed by atoms with E-state index in [-0.39, 0.29) is 59.6 Å². The maximum Gasteiger partial charge on any atom is 0.261 e. The number of nitrogens with one attached hydrogen (secondary N) is 5. The minimum Gasteiger partial charge on any atom is -0.369 e. The van der Waals surface area contributed by atoms with E-state index in [0.717, 1.165) is 25.9 Å². The Morgan fingerprint density at radius 1 is 0.631 bits per heavy atom. The molecule has 3 aromatic carbocycles. The van der Waals surface area contributed by atoms with E-state index in [2.05, 4.69) is 41.5 Å². The number of Topliss-reactive ketones (excluding diaryl/α,β-unsaturated/α-hetero) is 2. The van der Waals surface area contributed by atoms with Crippen LogP contribution in [-0.2, 0) is 0 Å². The molecular weight excluding hydrogens is 910 g/mol. The summed E-state index contributed by atoms with van der Waals surface area (Å²) < 4.78 is 0. The number of aliphatic hydroxyl groups is 1. The number of nitrogens with zero attached hydrogens (tertiary/aromatic N) is 5. The zero-order valence-electron chi connectivity index (χ0n) is 35.7. The quantitative estimate of drug-likeness (QED) is 0.0238. The van der Waals surface area contributed by atoms with Gasteiger partial charge in [0.2, 0.25) is 17.8 Å². The first-order valence-electron chi connectivity index (χ1n) is 22.5. The fourth-order valence-corrected chi connectivity index (χ4v) is 10.5. The summed E-state index contributed by atoms with van der Waals surface area (Å²) in [5, 5.41) is 29.3. The zero-order valence-corrected chi connectivity index (χ0v) is 38.7. The van der Waals surface area contributed by atoms with Crippen LogP contribution in [0.2, 0.25) is 20.1 Å². The topological polar surface area (TPSA) is 186 Å². The van der Waals surface area contributed by atoms with E-state index in [1.54, 1.807) is 48.5 Å². The molecule has 2 saturated carbocycles. The summed E-state index contributed by atoms with van der Waals surface area (Å²) in [6.07, 6.45) is 13.1. The van der Waals surface area contributed by atoms with Crippen molar-refractivity contribution in [2.45, 2.75) is 101 Å². The number of halogens is 4. The van der Waals surface area contributed by atoms with E-state index >= 15 is 0 Å². The second kappa shape index (κ2) is 20.1. The number of hydrogen-bond acceptors (Lipinski definition) is 13. The van der Waals surface area contributed by atoms with Crippen molar-refractivity contribution in [3.8, 4) is 0 Å². The van der Waals surface area contributed by atoms with Crippen LogP contribution in [0.4, 0.5) is 29.2 Å². The molecule has 0 radical (unpaired) electrons. The highest BCUT2D eigenvalue weighted by molar-refractivity contribution is 6.55. The van der Waals surface area contributed by atoms with E-state index in [1.165, 1.54) is 69.1 Å². The number of para-hydroxylation sites is 1. The molecule has 1 atom stereocenters. The summed E-state index contributed by atoms with van der Waals surface area (Å²) in [6, 6.07) is 14.7. The average molecular weight is 961 g/mol. The highest BCUT2D eigenvalue weighted by Crippen LogP contribution is 2.48. The fourth-order valence-electron chi connectivity index (χ4n) is 9.46. The molecule has 1 aliphatic heterocycles. The second-order valence-corrected chi connectivity index (χ2v) is 18.7. The largest absolute Gasteiger partial charge is 0.369 e. The van der Waals surface area contributed by atoms with Gasteiger partial charge in [0.05, 0.1) is 48.1 Å². The number of aliphatic hydroxyl groups excluding tert-OH is 1. The molecule has 18 heteroatoms. The molecule has 0 spiro atoms. The van der Waals surface area contributed by atoms with E-state index in [0.29, 0.717) is 53.7 Å². The maximum absolute atomic E-state index is 14.1. The van der Waals surface area contributed by atoms with E-state index in [1.807, 2.05) is 0 Å². The Kier molecular flexibility index (Phi) is 14.0. The van der Waals surface area contributed by atoms with E-state index in [4.69, 9.17) is 51.4 Å². The van der Waals surface area contributed by atoms with Crippen molar-refractivity contribution >= 4 is 104 Å². The third-order valence-corrected chi connectivity index (χ3v) is 14.6. The minimum absolute atomic E-state index is 0.105. The first-order valence-corrected chi connectivity index (χ1v) is 24.1. The molecule has 3 heterocycles. The molecule has 2 aromatic heterocycles. The lowest BCUT2D eigenvalue weighted by atomic mass is 9.95. The van der Waals surface area contributed by atoms with Crippen molar-refractivity contribution in [3.05, 3.63) is 96.6 Å². The summed E-state index contributed by atoms with van der Waals surface area (Å²) in [4.78, 5) is 61.7. The second-order valence-electron chi connectivity index (χ2n) is 17.2. The predicted molar refractivity (Wildman–Crippen MR) is 257 cm³/mol. The lowest BCUT2D eigenvalue weighted by Crippen LogP contribution is -2.32. The van der Waals surface area contributed by atoms with Gasteiger partial charge in [-0.25, -0.2) is 4.98 Å². The fraction of sp³-hybridized carbons (Fsp3) is 0.426. The molecule has 0 bridgehead atoms. The Morgan fingerprint density at radius 2 is 1.20 bits per heavy atom. The number of pyridine rings is 1. The van der Waals surface area contributed by atoms with Crippen molar-refractivity contribution < 1.29 is 19.5 Å². The van der Waals surface area contributed by atoms with Gasteiger partial charge in [0.15, 0.2) is 17.8 Å². The van der Waals surface area contributed by atoms with Gasteiger partial charge in [-0.15, -0.1) is 0 Å². The molecule has 1 amide bonds. The summed E-state index contributed by atoms with van der Waals surface area (Å²) in [6.45, 7) is 3.16. The van der Waals surface area contributed by atoms with Crippen molar-refractivity contribution in [1.82, 2.24) is 30.6 Å². The molecule has 2 fully saturated rings. The number of carbonyl (C=O) groups excluding carboxylic acids is 3. The van der Waals surface area contributed by atoms with Gasteiger partial charge >= 0.3 is 0 Å². The molecule has 0 unspecified atom stereocenters. The first-order chi connectivity index (χ1) is 31.6. The van der Waals surface area contributed by atoms with Gasteiger partial charge in [0.1, 0.15) is 5.92 Å². The van der Waals surface area contributed by atoms with Crippen LogP contribution in [0.5, 0.6) is 0 Å². The summed E-state index contributed by atoms with van der Waals surface area (Å²) >= 11 is 25.3. The molecule has 5 aromatic rings. The van der Waals surface area contributed by atoms with Crippen molar-refractivity contribution in [2.24, 2.45) is 0 Å². The highest BCUT2D eigenvalue weighted by Gasteiger charge is 2.45. The predicted octanol–water partition coefficient (Wildman–Crippen LogP) is 10.0. The Balaban J connectivity index is 0.924. The van der Waals surface area contributed by atoms with Crippen molar-refractivity contribution in [3.63, 3.8) is 0 Å². The van der Waals surface area contributed by atoms with Crippen LogP contribution in [0, 0.1) is 0 Å². The molecule has 9 rings (SSSR count). The van der Waals surface area contributed by atoms with Crippen LogP contribution in [-0.4, -0.2) is 80.8 Å². The molecule has 340 valence electrons. The van der Waals surface area contributed by atoms with Gasteiger partial charge < -0.3 is 31.7 Å². The highest BCUT2D eigenvalue weighted by atomic mass is 35.5. The monoisotopic (exact) mass is 958 g/mol.